The average molecular weight is 526 g/mol. The molecule has 1 aromatic heterocycles. The van der Waals surface area contributed by atoms with Gasteiger partial charge < -0.3 is 9.64 Å². The smallest absolute Gasteiger partial charge is 0.244 e. The molecule has 2 bridgehead atoms. The quantitative estimate of drug-likeness (QED) is 0.406. The van der Waals surface area contributed by atoms with Gasteiger partial charge in [0.15, 0.2) is 0 Å². The van der Waals surface area contributed by atoms with E-state index < -0.39 is 16.1 Å². The van der Waals surface area contributed by atoms with Crippen molar-refractivity contribution in [2.45, 2.75) is 55.8 Å². The standard InChI is InChI=1S/C27H31N3O4S2/c1-3-21-15-29(19(2)16-34-17-20-8-5-4-6-9-20)27(31)25-11-7-10-24(21)30(25)36(32,33)22-12-13-23-26(14-22)35-18-28-23/h3-6,8-9,12-14,18-19,21,24-25H,1,7,10-11,15-17H2,2H3/t19?,21-,24-,25?/m0/s1. The summed E-state index contributed by atoms with van der Waals surface area (Å²) in [4.78, 5) is 20.2. The molecule has 2 aliphatic rings. The predicted molar refractivity (Wildman–Crippen MR) is 141 cm³/mol. The molecule has 3 heterocycles. The maximum Gasteiger partial charge on any atom is 0.244 e. The predicted octanol–water partition coefficient (Wildman–Crippen LogP) is 4.46. The maximum absolute atomic E-state index is 14.0. The van der Waals surface area contributed by atoms with Gasteiger partial charge >= 0.3 is 0 Å². The third-order valence-electron chi connectivity index (χ3n) is 7.26. The number of thiazole rings is 1. The second-order valence-corrected chi connectivity index (χ2v) is 12.3. The van der Waals surface area contributed by atoms with E-state index in [2.05, 4.69) is 11.6 Å². The van der Waals surface area contributed by atoms with E-state index in [1.165, 1.54) is 15.6 Å². The molecule has 1 amide bonds. The second-order valence-electron chi connectivity index (χ2n) is 9.57. The van der Waals surface area contributed by atoms with Gasteiger partial charge in [-0.2, -0.15) is 4.31 Å². The molecule has 190 valence electrons. The zero-order chi connectivity index (χ0) is 25.3. The molecule has 0 saturated carbocycles. The van der Waals surface area contributed by atoms with Crippen LogP contribution in [0.1, 0.15) is 31.7 Å². The van der Waals surface area contributed by atoms with Gasteiger partial charge in [0.1, 0.15) is 6.04 Å². The van der Waals surface area contributed by atoms with Crippen molar-refractivity contribution in [3.8, 4) is 0 Å². The molecule has 2 aliphatic heterocycles. The molecule has 3 aromatic rings. The van der Waals surface area contributed by atoms with Gasteiger partial charge in [-0.05, 0) is 49.9 Å². The second kappa shape index (κ2) is 10.4. The molecule has 36 heavy (non-hydrogen) atoms. The van der Waals surface area contributed by atoms with E-state index in [-0.39, 0.29) is 28.8 Å². The molecule has 2 fully saturated rings. The molecule has 7 nitrogen and oxygen atoms in total. The van der Waals surface area contributed by atoms with Crippen molar-refractivity contribution in [2.75, 3.05) is 13.2 Å². The van der Waals surface area contributed by atoms with Crippen molar-refractivity contribution < 1.29 is 17.9 Å². The van der Waals surface area contributed by atoms with E-state index in [0.717, 1.165) is 22.2 Å². The van der Waals surface area contributed by atoms with Gasteiger partial charge in [-0.3, -0.25) is 4.79 Å². The van der Waals surface area contributed by atoms with Crippen LogP contribution in [-0.4, -0.2) is 59.8 Å². The fourth-order valence-corrected chi connectivity index (χ4v) is 8.06. The van der Waals surface area contributed by atoms with Crippen LogP contribution in [0.25, 0.3) is 10.2 Å². The molecule has 2 saturated heterocycles. The molecule has 5 rings (SSSR count). The van der Waals surface area contributed by atoms with Crippen molar-refractivity contribution in [2.24, 2.45) is 5.92 Å². The van der Waals surface area contributed by atoms with Crippen LogP contribution in [0.2, 0.25) is 0 Å². The summed E-state index contributed by atoms with van der Waals surface area (Å²) < 4.78 is 36.3. The molecule has 0 spiro atoms. The SMILES string of the molecule is C=C[C@H]1CN(C(C)COCc2ccccc2)C(=O)C2CCC[C@@H]1N2S(=O)(=O)c1ccc2ncsc2c1. The van der Waals surface area contributed by atoms with E-state index in [4.69, 9.17) is 4.74 Å². The summed E-state index contributed by atoms with van der Waals surface area (Å²) >= 11 is 1.41. The summed E-state index contributed by atoms with van der Waals surface area (Å²) in [5, 5.41) is 0. The van der Waals surface area contributed by atoms with Crippen molar-refractivity contribution in [1.82, 2.24) is 14.2 Å². The number of nitrogens with zero attached hydrogens (tertiary/aromatic N) is 3. The lowest BCUT2D eigenvalue weighted by atomic mass is 9.90. The van der Waals surface area contributed by atoms with E-state index in [0.29, 0.717) is 32.6 Å². The van der Waals surface area contributed by atoms with E-state index >= 15 is 0 Å². The van der Waals surface area contributed by atoms with Crippen molar-refractivity contribution in [3.05, 3.63) is 72.3 Å². The van der Waals surface area contributed by atoms with Crippen LogP contribution in [-0.2, 0) is 26.2 Å². The monoisotopic (exact) mass is 525 g/mol. The molecule has 0 radical (unpaired) electrons. The molecule has 9 heteroatoms. The van der Waals surface area contributed by atoms with Crippen LogP contribution in [0.15, 0.2) is 71.6 Å². The summed E-state index contributed by atoms with van der Waals surface area (Å²) in [7, 11) is -3.91. The highest BCUT2D eigenvalue weighted by atomic mass is 32.2. The third-order valence-corrected chi connectivity index (χ3v) is 9.99. The van der Waals surface area contributed by atoms with E-state index in [1.54, 1.807) is 23.7 Å². The van der Waals surface area contributed by atoms with Crippen molar-refractivity contribution in [3.63, 3.8) is 0 Å². The number of sulfonamides is 1. The van der Waals surface area contributed by atoms with Crippen molar-refractivity contribution >= 4 is 37.5 Å². The Bertz CT molecular complexity index is 1340. The first kappa shape index (κ1) is 25.1. The first-order chi connectivity index (χ1) is 17.4. The Labute approximate surface area is 216 Å². The Hall–Kier alpha value is -2.59. The minimum Gasteiger partial charge on any atom is -0.375 e. The highest BCUT2D eigenvalue weighted by Crippen LogP contribution is 2.38. The summed E-state index contributed by atoms with van der Waals surface area (Å²) in [5.74, 6) is -0.319. The van der Waals surface area contributed by atoms with Crippen LogP contribution in [0, 0.1) is 5.92 Å². The number of hydrogen-bond acceptors (Lipinski definition) is 6. The Morgan fingerprint density at radius 2 is 2.03 bits per heavy atom. The number of amides is 1. The van der Waals surface area contributed by atoms with Crippen LogP contribution >= 0.6 is 11.3 Å². The number of rotatable bonds is 8. The van der Waals surface area contributed by atoms with Gasteiger partial charge in [-0.15, -0.1) is 17.9 Å². The highest BCUT2D eigenvalue weighted by Gasteiger charge is 2.50. The largest absolute Gasteiger partial charge is 0.375 e. The fraction of sp³-hybridized carbons (Fsp3) is 0.407. The Kier molecular flexibility index (Phi) is 7.25. The average Bonchev–Trinajstić information content (AvgIpc) is 3.35. The zero-order valence-corrected chi connectivity index (χ0v) is 22.0. The van der Waals surface area contributed by atoms with E-state index in [9.17, 15) is 13.2 Å². The molecular weight excluding hydrogens is 494 g/mol. The summed E-state index contributed by atoms with van der Waals surface area (Å²) in [6, 6.07) is 13.7. The lowest BCUT2D eigenvalue weighted by Gasteiger charge is -2.40. The Morgan fingerprint density at radius 3 is 2.81 bits per heavy atom. The van der Waals surface area contributed by atoms with Crippen LogP contribution in [0.3, 0.4) is 0 Å². The summed E-state index contributed by atoms with van der Waals surface area (Å²) in [6.45, 7) is 7.25. The molecular formula is C27H31N3O4S2. The third kappa shape index (κ3) is 4.72. The van der Waals surface area contributed by atoms with Gasteiger partial charge in [0.05, 0.1) is 39.9 Å². The molecule has 2 unspecified atom stereocenters. The Balaban J connectivity index is 1.41. The number of benzene rings is 2. The zero-order valence-electron chi connectivity index (χ0n) is 20.3. The number of fused-ring (bicyclic) bond motifs is 3. The van der Waals surface area contributed by atoms with Gasteiger partial charge in [0.25, 0.3) is 0 Å². The van der Waals surface area contributed by atoms with Crippen LogP contribution in [0.4, 0.5) is 0 Å². The normalized spacial score (nSPS) is 24.0. The lowest BCUT2D eigenvalue weighted by Crippen LogP contribution is -2.55. The number of carbonyl (C=O) groups excluding carboxylic acids is 1. The first-order valence-corrected chi connectivity index (χ1v) is 14.6. The van der Waals surface area contributed by atoms with Gasteiger partial charge in [-0.1, -0.05) is 36.4 Å². The Morgan fingerprint density at radius 1 is 1.22 bits per heavy atom. The summed E-state index contributed by atoms with van der Waals surface area (Å²) in [6.07, 6.45) is 3.83. The minimum absolute atomic E-state index is 0.151. The topological polar surface area (TPSA) is 79.8 Å². The minimum atomic E-state index is -3.91. The molecule has 0 N–H and O–H groups in total. The molecule has 0 aliphatic carbocycles. The maximum atomic E-state index is 14.0. The number of hydrogen-bond donors (Lipinski definition) is 0. The van der Waals surface area contributed by atoms with Crippen LogP contribution in [0.5, 0.6) is 0 Å². The number of carbonyl (C=O) groups is 1. The van der Waals surface area contributed by atoms with Crippen LogP contribution < -0.4 is 0 Å². The fourth-order valence-electron chi connectivity index (χ4n) is 5.37. The first-order valence-electron chi connectivity index (χ1n) is 12.3. The molecule has 4 atom stereocenters. The molecule has 2 aromatic carbocycles. The van der Waals surface area contributed by atoms with Crippen molar-refractivity contribution in [1.29, 1.82) is 0 Å². The van der Waals surface area contributed by atoms with Gasteiger partial charge in [-0.25, -0.2) is 13.4 Å². The lowest BCUT2D eigenvalue weighted by molar-refractivity contribution is -0.138. The number of ether oxygens (including phenoxy) is 1. The van der Waals surface area contributed by atoms with E-state index in [1.807, 2.05) is 48.2 Å². The number of piperidine rings is 1. The summed E-state index contributed by atoms with van der Waals surface area (Å²) in [5.41, 5.74) is 3.55. The number of aromatic nitrogens is 1. The van der Waals surface area contributed by atoms with Gasteiger partial charge in [0.2, 0.25) is 15.9 Å². The van der Waals surface area contributed by atoms with Gasteiger partial charge in [0, 0.05) is 18.5 Å². The highest BCUT2D eigenvalue weighted by molar-refractivity contribution is 7.89.